The zero-order valence-electron chi connectivity index (χ0n) is 13.3. The van der Waals surface area contributed by atoms with Crippen molar-refractivity contribution in [2.75, 3.05) is 19.7 Å². The fourth-order valence-corrected chi connectivity index (χ4v) is 2.89. The predicted molar refractivity (Wildman–Crippen MR) is 83.9 cm³/mol. The summed E-state index contributed by atoms with van der Waals surface area (Å²) in [6.45, 7) is 9.83. The maximum absolute atomic E-state index is 12.2. The lowest BCUT2D eigenvalue weighted by Gasteiger charge is -2.30. The number of ether oxygens (including phenoxy) is 1. The lowest BCUT2D eigenvalue weighted by molar-refractivity contribution is -0.151. The summed E-state index contributed by atoms with van der Waals surface area (Å²) >= 11 is 0. The molecule has 0 radical (unpaired) electrons. The molecule has 0 amide bonds. The summed E-state index contributed by atoms with van der Waals surface area (Å²) < 4.78 is 5.22. The maximum Gasteiger partial charge on any atom is 0.326 e. The highest BCUT2D eigenvalue weighted by Crippen LogP contribution is 2.23. The molecule has 1 unspecified atom stereocenters. The third-order valence-electron chi connectivity index (χ3n) is 4.13. The van der Waals surface area contributed by atoms with Crippen molar-refractivity contribution in [3.63, 3.8) is 0 Å². The van der Waals surface area contributed by atoms with Gasteiger partial charge in [0.15, 0.2) is 0 Å². The number of fused-ring (bicyclic) bond motifs is 1. The van der Waals surface area contributed by atoms with Crippen LogP contribution in [-0.2, 0) is 22.6 Å². The summed E-state index contributed by atoms with van der Waals surface area (Å²) in [6.07, 6.45) is 0.758. The molecule has 1 aromatic rings. The smallest absolute Gasteiger partial charge is 0.326 e. The van der Waals surface area contributed by atoms with Gasteiger partial charge in [-0.15, -0.1) is 0 Å². The highest BCUT2D eigenvalue weighted by atomic mass is 16.5. The minimum atomic E-state index is -0.598. The molecule has 21 heavy (non-hydrogen) atoms. The van der Waals surface area contributed by atoms with Gasteiger partial charge in [0.25, 0.3) is 0 Å². The van der Waals surface area contributed by atoms with Crippen LogP contribution in [-0.4, -0.2) is 36.1 Å². The standard InChI is InChI=1S/C17H26N2O2/c1-4-18-17(3,16(20)21-5-2)10-11-19-12-14-8-6-7-9-15(14)13-19/h6-9,18H,4-5,10-13H2,1-3H3. The molecule has 2 rings (SSSR count). The Bertz CT molecular complexity index is 464. The third kappa shape index (κ3) is 3.83. The molecule has 1 aliphatic rings. The molecule has 4 heteroatoms. The van der Waals surface area contributed by atoms with Gasteiger partial charge in [-0.25, -0.2) is 0 Å². The number of hydrogen-bond donors (Lipinski definition) is 1. The highest BCUT2D eigenvalue weighted by molar-refractivity contribution is 5.80. The normalized spacial score (nSPS) is 17.3. The van der Waals surface area contributed by atoms with Crippen LogP contribution >= 0.6 is 0 Å². The van der Waals surface area contributed by atoms with Crippen molar-refractivity contribution in [3.8, 4) is 0 Å². The van der Waals surface area contributed by atoms with Crippen LogP contribution in [0, 0.1) is 0 Å². The number of nitrogens with zero attached hydrogens (tertiary/aromatic N) is 1. The first-order valence-corrected chi connectivity index (χ1v) is 7.80. The topological polar surface area (TPSA) is 41.6 Å². The molecule has 116 valence electrons. The average molecular weight is 290 g/mol. The van der Waals surface area contributed by atoms with Crippen LogP contribution in [0.25, 0.3) is 0 Å². The molecule has 0 bridgehead atoms. The number of nitrogens with one attached hydrogen (secondary N) is 1. The zero-order valence-corrected chi connectivity index (χ0v) is 13.3. The molecular weight excluding hydrogens is 264 g/mol. The van der Waals surface area contributed by atoms with Crippen LogP contribution < -0.4 is 5.32 Å². The number of rotatable bonds is 7. The predicted octanol–water partition coefficient (Wildman–Crippen LogP) is 2.32. The Morgan fingerprint density at radius 2 is 1.90 bits per heavy atom. The van der Waals surface area contributed by atoms with Crippen LogP contribution in [0.1, 0.15) is 38.3 Å². The first-order chi connectivity index (χ1) is 10.1. The number of esters is 1. The maximum atomic E-state index is 12.2. The Labute approximate surface area is 127 Å². The Morgan fingerprint density at radius 3 is 2.43 bits per heavy atom. The van der Waals surface area contributed by atoms with Gasteiger partial charge < -0.3 is 10.1 Å². The largest absolute Gasteiger partial charge is 0.465 e. The highest BCUT2D eigenvalue weighted by Gasteiger charge is 2.34. The van der Waals surface area contributed by atoms with Gasteiger partial charge in [-0.05, 0) is 37.9 Å². The molecule has 1 aromatic carbocycles. The Morgan fingerprint density at radius 1 is 1.29 bits per heavy atom. The average Bonchev–Trinajstić information content (AvgIpc) is 2.88. The summed E-state index contributed by atoms with van der Waals surface area (Å²) in [5.74, 6) is -0.149. The molecule has 0 aromatic heterocycles. The van der Waals surface area contributed by atoms with E-state index in [2.05, 4.69) is 34.5 Å². The number of hydrogen-bond acceptors (Lipinski definition) is 4. The molecule has 0 spiro atoms. The quantitative estimate of drug-likeness (QED) is 0.783. The van der Waals surface area contributed by atoms with Crippen molar-refractivity contribution in [2.24, 2.45) is 0 Å². The Hall–Kier alpha value is -1.39. The van der Waals surface area contributed by atoms with E-state index in [0.717, 1.165) is 32.6 Å². The molecule has 1 heterocycles. The van der Waals surface area contributed by atoms with Gasteiger partial charge in [0.1, 0.15) is 5.54 Å². The molecule has 0 fully saturated rings. The monoisotopic (exact) mass is 290 g/mol. The summed E-state index contributed by atoms with van der Waals surface area (Å²) in [4.78, 5) is 14.6. The van der Waals surface area contributed by atoms with E-state index in [1.807, 2.05) is 20.8 Å². The second kappa shape index (κ2) is 7.05. The van der Waals surface area contributed by atoms with Gasteiger partial charge in [-0.1, -0.05) is 31.2 Å². The SMILES string of the molecule is CCNC(C)(CCN1Cc2ccccc2C1)C(=O)OCC. The first kappa shape index (κ1) is 16.0. The lowest BCUT2D eigenvalue weighted by Crippen LogP contribution is -2.52. The van der Waals surface area contributed by atoms with E-state index >= 15 is 0 Å². The van der Waals surface area contributed by atoms with Gasteiger partial charge in [-0.3, -0.25) is 9.69 Å². The fourth-order valence-electron chi connectivity index (χ4n) is 2.89. The van der Waals surface area contributed by atoms with Crippen molar-refractivity contribution in [1.29, 1.82) is 0 Å². The molecule has 1 atom stereocenters. The summed E-state index contributed by atoms with van der Waals surface area (Å²) in [5.41, 5.74) is 2.21. The zero-order chi connectivity index (χ0) is 15.3. The number of carbonyl (C=O) groups excluding carboxylic acids is 1. The van der Waals surface area contributed by atoms with Crippen molar-refractivity contribution < 1.29 is 9.53 Å². The van der Waals surface area contributed by atoms with E-state index in [-0.39, 0.29) is 5.97 Å². The molecule has 1 N–H and O–H groups in total. The van der Waals surface area contributed by atoms with Crippen LogP contribution in [0.2, 0.25) is 0 Å². The third-order valence-corrected chi connectivity index (χ3v) is 4.13. The number of benzene rings is 1. The summed E-state index contributed by atoms with van der Waals surface area (Å²) in [6, 6.07) is 8.54. The van der Waals surface area contributed by atoms with Gasteiger partial charge >= 0.3 is 5.97 Å². The molecule has 0 saturated carbocycles. The first-order valence-electron chi connectivity index (χ1n) is 7.80. The van der Waals surface area contributed by atoms with E-state index in [4.69, 9.17) is 4.74 Å². The second-order valence-electron chi connectivity index (χ2n) is 5.81. The Balaban J connectivity index is 1.93. The van der Waals surface area contributed by atoms with Crippen LogP contribution in [0.4, 0.5) is 0 Å². The van der Waals surface area contributed by atoms with Gasteiger partial charge in [0.2, 0.25) is 0 Å². The van der Waals surface area contributed by atoms with Crippen LogP contribution in [0.15, 0.2) is 24.3 Å². The van der Waals surface area contributed by atoms with Crippen LogP contribution in [0.3, 0.4) is 0 Å². The van der Waals surface area contributed by atoms with E-state index < -0.39 is 5.54 Å². The van der Waals surface area contributed by atoms with Crippen molar-refractivity contribution in [1.82, 2.24) is 10.2 Å². The molecule has 0 aliphatic carbocycles. The van der Waals surface area contributed by atoms with Crippen molar-refractivity contribution >= 4 is 5.97 Å². The minimum Gasteiger partial charge on any atom is -0.465 e. The van der Waals surface area contributed by atoms with Crippen molar-refractivity contribution in [3.05, 3.63) is 35.4 Å². The summed E-state index contributed by atoms with van der Waals surface area (Å²) in [7, 11) is 0. The van der Waals surface area contributed by atoms with Gasteiger partial charge in [0, 0.05) is 19.6 Å². The molecule has 4 nitrogen and oxygen atoms in total. The fraction of sp³-hybridized carbons (Fsp3) is 0.588. The molecular formula is C17H26N2O2. The Kier molecular flexibility index (Phi) is 5.37. The van der Waals surface area contributed by atoms with E-state index in [9.17, 15) is 4.79 Å². The lowest BCUT2D eigenvalue weighted by atomic mass is 9.97. The minimum absolute atomic E-state index is 0.149. The molecule has 1 aliphatic heterocycles. The van der Waals surface area contributed by atoms with E-state index in [1.165, 1.54) is 11.1 Å². The number of carbonyl (C=O) groups is 1. The van der Waals surface area contributed by atoms with Gasteiger partial charge in [-0.2, -0.15) is 0 Å². The van der Waals surface area contributed by atoms with Crippen molar-refractivity contribution in [2.45, 2.75) is 45.8 Å². The number of likely N-dealkylation sites (N-methyl/N-ethyl adjacent to an activating group) is 1. The van der Waals surface area contributed by atoms with Gasteiger partial charge in [0.05, 0.1) is 6.61 Å². The summed E-state index contributed by atoms with van der Waals surface area (Å²) in [5, 5.41) is 3.29. The van der Waals surface area contributed by atoms with E-state index in [1.54, 1.807) is 0 Å². The van der Waals surface area contributed by atoms with E-state index in [0.29, 0.717) is 6.61 Å². The molecule has 0 saturated heterocycles. The second-order valence-corrected chi connectivity index (χ2v) is 5.81. The van der Waals surface area contributed by atoms with Crippen LogP contribution in [0.5, 0.6) is 0 Å².